The van der Waals surface area contributed by atoms with Crippen LogP contribution in [0.1, 0.15) is 16.7 Å². The van der Waals surface area contributed by atoms with Gasteiger partial charge < -0.3 is 0 Å². The summed E-state index contributed by atoms with van der Waals surface area (Å²) in [7, 11) is 0. The monoisotopic (exact) mass is 453 g/mol. The van der Waals surface area contributed by atoms with Crippen molar-refractivity contribution >= 4 is 22.9 Å². The maximum Gasteiger partial charge on any atom is 0.458 e. The minimum atomic E-state index is -4.94. The summed E-state index contributed by atoms with van der Waals surface area (Å²) >= 11 is 0. The van der Waals surface area contributed by atoms with Crippen LogP contribution >= 0.6 is 0 Å². The molecule has 0 amide bonds. The summed E-state index contributed by atoms with van der Waals surface area (Å²) in [4.78, 5) is 4.28. The van der Waals surface area contributed by atoms with Gasteiger partial charge in [-0.05, 0) is 40.8 Å². The van der Waals surface area contributed by atoms with Crippen LogP contribution in [0.15, 0.2) is 66.9 Å². The van der Waals surface area contributed by atoms with Crippen LogP contribution in [-0.4, -0.2) is 11.2 Å². The first-order chi connectivity index (χ1) is 15.7. The first-order valence-corrected chi connectivity index (χ1v) is 9.62. The number of rotatable bonds is 3. The number of halogens is 6. The Balaban J connectivity index is 1.69. The topological polar surface area (TPSA) is 12.9 Å². The van der Waals surface area contributed by atoms with Gasteiger partial charge in [0.05, 0.1) is 16.6 Å². The van der Waals surface area contributed by atoms with Gasteiger partial charge in [-0.3, -0.25) is 4.98 Å². The van der Waals surface area contributed by atoms with Crippen molar-refractivity contribution in [1.82, 2.24) is 4.98 Å². The minimum absolute atomic E-state index is 0.160. The average Bonchev–Trinajstić information content (AvgIpc) is 2.77. The van der Waals surface area contributed by atoms with Crippen molar-refractivity contribution in [3.8, 4) is 23.1 Å². The second-order valence-corrected chi connectivity index (χ2v) is 7.07. The third kappa shape index (κ3) is 5.07. The molecule has 0 radical (unpaired) electrons. The molecule has 1 nitrogen and oxygen atoms in total. The van der Waals surface area contributed by atoms with E-state index in [-0.39, 0.29) is 10.9 Å². The van der Waals surface area contributed by atoms with E-state index in [9.17, 15) is 26.3 Å². The third-order valence-electron chi connectivity index (χ3n) is 4.76. The minimum Gasteiger partial charge on any atom is -0.256 e. The van der Waals surface area contributed by atoms with Crippen molar-refractivity contribution in [3.05, 3.63) is 101 Å². The van der Waals surface area contributed by atoms with Gasteiger partial charge in [-0.15, -0.1) is 0 Å². The average molecular weight is 453 g/mol. The predicted molar refractivity (Wildman–Crippen MR) is 115 cm³/mol. The zero-order valence-corrected chi connectivity index (χ0v) is 16.7. The normalized spacial score (nSPS) is 11.6. The molecule has 0 aliphatic heterocycles. The molecule has 4 rings (SSSR count). The van der Waals surface area contributed by atoms with Gasteiger partial charge in [0, 0.05) is 17.7 Å². The van der Waals surface area contributed by atoms with Crippen molar-refractivity contribution in [2.45, 2.75) is 6.18 Å². The fourth-order valence-corrected chi connectivity index (χ4v) is 3.24. The van der Waals surface area contributed by atoms with Crippen molar-refractivity contribution < 1.29 is 26.3 Å². The third-order valence-corrected chi connectivity index (χ3v) is 4.76. The van der Waals surface area contributed by atoms with Gasteiger partial charge in [0.15, 0.2) is 5.82 Å². The van der Waals surface area contributed by atoms with Gasteiger partial charge in [-0.1, -0.05) is 54.5 Å². The number of pyridine rings is 1. The molecular formula is C26H13F6N. The number of benzene rings is 3. The standard InChI is InChI=1S/C26H13F6N/c27-21-14-19-12-18(13-22(28)24(19)25(29)20(21)10-11-26(30,31)32)23-9-8-17(15-33-23)7-6-16-4-2-1-3-5-16/h1-9,12-15H/b7-6+. The van der Waals surface area contributed by atoms with Crippen LogP contribution in [-0.2, 0) is 0 Å². The van der Waals surface area contributed by atoms with E-state index in [1.165, 1.54) is 12.0 Å². The molecule has 0 spiro atoms. The molecule has 0 fully saturated rings. The Morgan fingerprint density at radius 3 is 2.18 bits per heavy atom. The van der Waals surface area contributed by atoms with Crippen molar-refractivity contribution in [2.24, 2.45) is 0 Å². The molecule has 33 heavy (non-hydrogen) atoms. The summed E-state index contributed by atoms with van der Waals surface area (Å²) in [5.41, 5.74) is 1.26. The van der Waals surface area contributed by atoms with Gasteiger partial charge in [0.1, 0.15) is 11.6 Å². The second kappa shape index (κ2) is 8.83. The lowest BCUT2D eigenvalue weighted by molar-refractivity contribution is -0.0696. The highest BCUT2D eigenvalue weighted by Gasteiger charge is 2.24. The van der Waals surface area contributed by atoms with E-state index in [0.717, 1.165) is 29.2 Å². The number of aromatic nitrogens is 1. The molecule has 0 aliphatic carbocycles. The molecule has 4 aromatic rings. The number of nitrogens with zero attached hydrogens (tertiary/aromatic N) is 1. The summed E-state index contributed by atoms with van der Waals surface area (Å²) in [5, 5.41) is -0.804. The molecule has 0 unspecified atom stereocenters. The lowest BCUT2D eigenvalue weighted by atomic mass is 10.0. The molecule has 0 saturated heterocycles. The Morgan fingerprint density at radius 2 is 1.52 bits per heavy atom. The van der Waals surface area contributed by atoms with E-state index in [1.807, 2.05) is 42.5 Å². The van der Waals surface area contributed by atoms with Gasteiger partial charge in [0.2, 0.25) is 0 Å². The molecular weight excluding hydrogens is 440 g/mol. The summed E-state index contributed by atoms with van der Waals surface area (Å²) < 4.78 is 80.4. The largest absolute Gasteiger partial charge is 0.458 e. The highest BCUT2D eigenvalue weighted by molar-refractivity contribution is 5.89. The van der Waals surface area contributed by atoms with Gasteiger partial charge in [-0.2, -0.15) is 13.2 Å². The molecule has 1 heterocycles. The van der Waals surface area contributed by atoms with E-state index < -0.39 is 34.6 Å². The summed E-state index contributed by atoms with van der Waals surface area (Å²) in [6.07, 6.45) is 0.372. The fourth-order valence-electron chi connectivity index (χ4n) is 3.24. The van der Waals surface area contributed by atoms with E-state index in [4.69, 9.17) is 0 Å². The molecule has 0 bridgehead atoms. The zero-order valence-electron chi connectivity index (χ0n) is 16.7. The quantitative estimate of drug-likeness (QED) is 0.233. The predicted octanol–water partition coefficient (Wildman–Crippen LogP) is 7.40. The fraction of sp³-hybridized carbons (Fsp3) is 0.0385. The molecule has 0 aliphatic rings. The number of hydrogen-bond acceptors (Lipinski definition) is 1. The Hall–Kier alpha value is -4.05. The van der Waals surface area contributed by atoms with E-state index in [0.29, 0.717) is 5.69 Å². The van der Waals surface area contributed by atoms with Gasteiger partial charge >= 0.3 is 6.18 Å². The molecule has 1 aromatic heterocycles. The van der Waals surface area contributed by atoms with Crippen molar-refractivity contribution in [1.29, 1.82) is 0 Å². The van der Waals surface area contributed by atoms with Crippen LogP contribution in [0.4, 0.5) is 26.3 Å². The van der Waals surface area contributed by atoms with Crippen LogP contribution in [0.2, 0.25) is 0 Å². The van der Waals surface area contributed by atoms with Crippen molar-refractivity contribution in [3.63, 3.8) is 0 Å². The molecule has 0 N–H and O–H groups in total. The lowest BCUT2D eigenvalue weighted by Gasteiger charge is -2.09. The number of hydrogen-bond donors (Lipinski definition) is 0. The molecule has 0 saturated carbocycles. The van der Waals surface area contributed by atoms with E-state index in [2.05, 4.69) is 4.98 Å². The van der Waals surface area contributed by atoms with Gasteiger partial charge in [-0.25, -0.2) is 13.2 Å². The van der Waals surface area contributed by atoms with Crippen LogP contribution in [0.3, 0.4) is 0 Å². The summed E-state index contributed by atoms with van der Waals surface area (Å²) in [6.45, 7) is 0. The zero-order chi connectivity index (χ0) is 23.6. The molecule has 3 aromatic carbocycles. The molecule has 164 valence electrons. The Morgan fingerprint density at radius 1 is 0.788 bits per heavy atom. The smallest absolute Gasteiger partial charge is 0.256 e. The highest BCUT2D eigenvalue weighted by Crippen LogP contribution is 2.31. The number of fused-ring (bicyclic) bond motifs is 1. The van der Waals surface area contributed by atoms with E-state index >= 15 is 0 Å². The Bertz CT molecular complexity index is 1410. The summed E-state index contributed by atoms with van der Waals surface area (Å²) in [5.74, 6) is -1.66. The number of alkyl halides is 3. The van der Waals surface area contributed by atoms with E-state index in [1.54, 1.807) is 18.3 Å². The first-order valence-electron chi connectivity index (χ1n) is 9.62. The highest BCUT2D eigenvalue weighted by atomic mass is 19.4. The van der Waals surface area contributed by atoms with Crippen molar-refractivity contribution in [2.75, 3.05) is 0 Å². The molecule has 7 heteroatoms. The Labute approximate surface area is 185 Å². The maximum absolute atomic E-state index is 14.7. The second-order valence-electron chi connectivity index (χ2n) is 7.07. The Kier molecular flexibility index (Phi) is 5.93. The summed E-state index contributed by atoms with van der Waals surface area (Å²) in [6, 6.07) is 16.0. The SMILES string of the molecule is Fc1cc2cc(-c3ccc(/C=C/c4ccccc4)cn3)cc(F)c2c(F)c1C#CC(F)(F)F. The van der Waals surface area contributed by atoms with Gasteiger partial charge in [0.25, 0.3) is 0 Å². The first kappa shape index (κ1) is 22.2. The lowest BCUT2D eigenvalue weighted by Crippen LogP contribution is -2.03. The molecule has 0 atom stereocenters. The maximum atomic E-state index is 14.7. The van der Waals surface area contributed by atoms with Crippen LogP contribution in [0, 0.1) is 29.3 Å². The van der Waals surface area contributed by atoms with Crippen LogP contribution < -0.4 is 0 Å². The van der Waals surface area contributed by atoms with Crippen LogP contribution in [0.25, 0.3) is 34.2 Å². The van der Waals surface area contributed by atoms with Crippen LogP contribution in [0.5, 0.6) is 0 Å².